The van der Waals surface area contributed by atoms with E-state index < -0.39 is 0 Å². The molecule has 1 aromatic heterocycles. The van der Waals surface area contributed by atoms with Gasteiger partial charge in [-0.3, -0.25) is 4.98 Å². The Morgan fingerprint density at radius 3 is 2.56 bits per heavy atom. The van der Waals surface area contributed by atoms with Crippen LogP contribution in [0.4, 0.5) is 0 Å². The normalized spacial score (nSPS) is 14.1. The number of phenols is 1. The Morgan fingerprint density at radius 1 is 1.06 bits per heavy atom. The summed E-state index contributed by atoms with van der Waals surface area (Å²) in [5.74, 6) is 0.298. The highest BCUT2D eigenvalue weighted by atomic mass is 16.3. The van der Waals surface area contributed by atoms with Gasteiger partial charge in [0.2, 0.25) is 0 Å². The first kappa shape index (κ1) is 12.6. The molecule has 2 rings (SSSR count). The Balaban J connectivity index is 2.05. The first-order valence-corrected chi connectivity index (χ1v) is 6.12. The predicted octanol–water partition coefficient (Wildman–Crippen LogP) is 3.20. The number of pyridine rings is 1. The van der Waals surface area contributed by atoms with Crippen molar-refractivity contribution in [3.8, 4) is 5.75 Å². The molecular weight excluding hydrogens is 224 g/mol. The molecular formula is C15H18N2O. The molecule has 1 aromatic carbocycles. The number of benzene rings is 1. The average molecular weight is 242 g/mol. The second-order valence-electron chi connectivity index (χ2n) is 4.46. The van der Waals surface area contributed by atoms with Crippen molar-refractivity contribution in [2.75, 3.05) is 0 Å². The van der Waals surface area contributed by atoms with Gasteiger partial charge in [0, 0.05) is 18.3 Å². The maximum atomic E-state index is 9.47. The third kappa shape index (κ3) is 3.08. The van der Waals surface area contributed by atoms with Crippen LogP contribution in [0.3, 0.4) is 0 Å². The quantitative estimate of drug-likeness (QED) is 0.865. The lowest BCUT2D eigenvalue weighted by Gasteiger charge is -2.20. The highest BCUT2D eigenvalue weighted by Crippen LogP contribution is 2.20. The van der Waals surface area contributed by atoms with Crippen LogP contribution in [0.5, 0.6) is 5.75 Å². The molecule has 3 heteroatoms. The molecule has 0 amide bonds. The smallest absolute Gasteiger partial charge is 0.115 e. The van der Waals surface area contributed by atoms with Crippen LogP contribution in [0, 0.1) is 0 Å². The zero-order valence-electron chi connectivity index (χ0n) is 10.7. The predicted molar refractivity (Wildman–Crippen MR) is 72.3 cm³/mol. The topological polar surface area (TPSA) is 45.2 Å². The van der Waals surface area contributed by atoms with E-state index in [2.05, 4.69) is 24.1 Å². The van der Waals surface area contributed by atoms with Crippen LogP contribution in [-0.4, -0.2) is 10.1 Å². The highest BCUT2D eigenvalue weighted by Gasteiger charge is 2.11. The lowest BCUT2D eigenvalue weighted by atomic mass is 10.1. The van der Waals surface area contributed by atoms with Crippen LogP contribution in [0.2, 0.25) is 0 Å². The molecule has 3 nitrogen and oxygen atoms in total. The Bertz CT molecular complexity index is 499. The summed E-state index contributed by atoms with van der Waals surface area (Å²) < 4.78 is 0. The minimum absolute atomic E-state index is 0.161. The first-order chi connectivity index (χ1) is 8.66. The van der Waals surface area contributed by atoms with Gasteiger partial charge in [0.25, 0.3) is 0 Å². The van der Waals surface area contributed by atoms with Gasteiger partial charge in [0.1, 0.15) is 5.75 Å². The Kier molecular flexibility index (Phi) is 3.95. The molecule has 18 heavy (non-hydrogen) atoms. The zero-order valence-corrected chi connectivity index (χ0v) is 10.7. The minimum atomic E-state index is 0.161. The molecule has 0 aliphatic carbocycles. The molecule has 2 atom stereocenters. The number of aromatic hydroxyl groups is 1. The second kappa shape index (κ2) is 5.65. The molecule has 0 aliphatic heterocycles. The molecule has 0 bridgehead atoms. The van der Waals surface area contributed by atoms with Crippen molar-refractivity contribution in [2.24, 2.45) is 0 Å². The highest BCUT2D eigenvalue weighted by molar-refractivity contribution is 5.29. The van der Waals surface area contributed by atoms with Gasteiger partial charge < -0.3 is 10.4 Å². The van der Waals surface area contributed by atoms with E-state index >= 15 is 0 Å². The van der Waals surface area contributed by atoms with Crippen molar-refractivity contribution < 1.29 is 5.11 Å². The lowest BCUT2D eigenvalue weighted by molar-refractivity contribution is 0.464. The Hall–Kier alpha value is -1.87. The third-order valence-corrected chi connectivity index (χ3v) is 3.00. The van der Waals surface area contributed by atoms with Gasteiger partial charge in [0.15, 0.2) is 0 Å². The number of nitrogens with one attached hydrogen (secondary N) is 1. The molecule has 0 spiro atoms. The zero-order chi connectivity index (χ0) is 13.0. The van der Waals surface area contributed by atoms with Crippen LogP contribution < -0.4 is 5.32 Å². The number of nitrogens with zero attached hydrogens (tertiary/aromatic N) is 1. The number of aromatic nitrogens is 1. The summed E-state index contributed by atoms with van der Waals surface area (Å²) in [6.45, 7) is 4.16. The van der Waals surface area contributed by atoms with E-state index in [-0.39, 0.29) is 12.1 Å². The first-order valence-electron chi connectivity index (χ1n) is 6.12. The van der Waals surface area contributed by atoms with Crippen molar-refractivity contribution in [1.82, 2.24) is 10.3 Å². The van der Waals surface area contributed by atoms with Gasteiger partial charge in [-0.15, -0.1) is 0 Å². The number of rotatable bonds is 4. The van der Waals surface area contributed by atoms with Crippen molar-refractivity contribution in [2.45, 2.75) is 25.9 Å². The summed E-state index contributed by atoms with van der Waals surface area (Å²) in [7, 11) is 0. The Labute approximate surface area is 108 Å². The fraction of sp³-hybridized carbons (Fsp3) is 0.267. The summed E-state index contributed by atoms with van der Waals surface area (Å²) in [5.41, 5.74) is 2.09. The second-order valence-corrected chi connectivity index (χ2v) is 4.46. The molecule has 2 unspecified atom stereocenters. The lowest BCUT2D eigenvalue weighted by Crippen LogP contribution is -2.23. The number of hydrogen-bond donors (Lipinski definition) is 2. The van der Waals surface area contributed by atoms with Gasteiger partial charge in [-0.2, -0.15) is 0 Å². The maximum absolute atomic E-state index is 9.47. The van der Waals surface area contributed by atoms with E-state index in [0.717, 1.165) is 11.3 Å². The molecule has 0 radical (unpaired) electrons. The largest absolute Gasteiger partial charge is 0.508 e. The average Bonchev–Trinajstić information content (AvgIpc) is 2.39. The summed E-state index contributed by atoms with van der Waals surface area (Å²) in [6.07, 6.45) is 1.80. The summed E-state index contributed by atoms with van der Waals surface area (Å²) >= 11 is 0. The van der Waals surface area contributed by atoms with E-state index in [1.807, 2.05) is 30.3 Å². The van der Waals surface area contributed by atoms with E-state index in [1.54, 1.807) is 18.3 Å². The van der Waals surface area contributed by atoms with Gasteiger partial charge in [0.05, 0.1) is 5.69 Å². The molecule has 0 saturated heterocycles. The molecule has 0 aliphatic rings. The van der Waals surface area contributed by atoms with Gasteiger partial charge in [-0.1, -0.05) is 18.2 Å². The molecule has 1 heterocycles. The number of hydrogen-bond acceptors (Lipinski definition) is 3. The van der Waals surface area contributed by atoms with Crippen molar-refractivity contribution in [3.05, 3.63) is 59.9 Å². The summed E-state index contributed by atoms with van der Waals surface area (Å²) in [4.78, 5) is 4.33. The van der Waals surface area contributed by atoms with Gasteiger partial charge >= 0.3 is 0 Å². The molecule has 0 saturated carbocycles. The molecule has 0 fully saturated rings. The summed E-state index contributed by atoms with van der Waals surface area (Å²) in [5, 5.41) is 12.9. The van der Waals surface area contributed by atoms with E-state index in [0.29, 0.717) is 5.75 Å². The maximum Gasteiger partial charge on any atom is 0.115 e. The Morgan fingerprint density at radius 2 is 1.89 bits per heavy atom. The SMILES string of the molecule is CC(NC(C)c1ccccn1)c1cccc(O)c1. The fourth-order valence-corrected chi connectivity index (χ4v) is 1.98. The monoisotopic (exact) mass is 242 g/mol. The van der Waals surface area contributed by atoms with Crippen LogP contribution in [-0.2, 0) is 0 Å². The van der Waals surface area contributed by atoms with E-state index in [9.17, 15) is 5.11 Å². The number of phenolic OH excluding ortho intramolecular Hbond substituents is 1. The molecule has 94 valence electrons. The van der Waals surface area contributed by atoms with Crippen LogP contribution in [0.25, 0.3) is 0 Å². The van der Waals surface area contributed by atoms with E-state index in [1.165, 1.54) is 0 Å². The van der Waals surface area contributed by atoms with Crippen LogP contribution in [0.1, 0.15) is 37.2 Å². The van der Waals surface area contributed by atoms with Gasteiger partial charge in [-0.25, -0.2) is 0 Å². The van der Waals surface area contributed by atoms with Gasteiger partial charge in [-0.05, 0) is 43.7 Å². The van der Waals surface area contributed by atoms with Crippen molar-refractivity contribution >= 4 is 0 Å². The van der Waals surface area contributed by atoms with Crippen LogP contribution >= 0.6 is 0 Å². The third-order valence-electron chi connectivity index (χ3n) is 3.00. The minimum Gasteiger partial charge on any atom is -0.508 e. The van der Waals surface area contributed by atoms with Crippen LogP contribution in [0.15, 0.2) is 48.7 Å². The molecule has 2 aromatic rings. The van der Waals surface area contributed by atoms with Crippen molar-refractivity contribution in [3.63, 3.8) is 0 Å². The molecule has 2 N–H and O–H groups in total. The van der Waals surface area contributed by atoms with Crippen molar-refractivity contribution in [1.29, 1.82) is 0 Å². The van der Waals surface area contributed by atoms with E-state index in [4.69, 9.17) is 0 Å². The summed E-state index contributed by atoms with van der Waals surface area (Å²) in [6, 6.07) is 13.6. The standard InChI is InChI=1S/C15H18N2O/c1-11(13-6-5-7-14(18)10-13)17-12(2)15-8-3-4-9-16-15/h3-12,17-18H,1-2H3. The fourth-order valence-electron chi connectivity index (χ4n) is 1.98.